The molecule has 1 aliphatic carbocycles. The average Bonchev–Trinajstić information content (AvgIpc) is 3.15. The smallest absolute Gasteiger partial charge is 0.252 e. The number of benzene rings is 1. The first-order chi connectivity index (χ1) is 13.1. The Labute approximate surface area is 157 Å². The topological polar surface area (TPSA) is 65.2 Å². The van der Waals surface area contributed by atoms with Crippen LogP contribution < -0.4 is 10.9 Å². The molecule has 1 amide bonds. The number of aromatic amines is 1. The van der Waals surface area contributed by atoms with Gasteiger partial charge in [0.2, 0.25) is 5.56 Å². The van der Waals surface area contributed by atoms with E-state index in [-0.39, 0.29) is 17.0 Å². The summed E-state index contributed by atoms with van der Waals surface area (Å²) >= 11 is 0. The van der Waals surface area contributed by atoms with Gasteiger partial charge in [0.25, 0.3) is 5.91 Å². The second-order valence-electron chi connectivity index (χ2n) is 7.89. The molecular formula is C21H26FN3O2. The molecule has 1 atom stereocenters. The van der Waals surface area contributed by atoms with Crippen LogP contribution in [0, 0.1) is 11.7 Å². The monoisotopic (exact) mass is 371 g/mol. The van der Waals surface area contributed by atoms with E-state index in [9.17, 15) is 14.0 Å². The molecule has 1 aromatic carbocycles. The summed E-state index contributed by atoms with van der Waals surface area (Å²) in [6, 6.07) is 6.01. The van der Waals surface area contributed by atoms with Gasteiger partial charge < -0.3 is 15.2 Å². The number of hydrogen-bond acceptors (Lipinski definition) is 3. The molecule has 6 heteroatoms. The van der Waals surface area contributed by atoms with Gasteiger partial charge in [-0.1, -0.05) is 19.3 Å². The van der Waals surface area contributed by atoms with E-state index in [2.05, 4.69) is 15.2 Å². The largest absolute Gasteiger partial charge is 0.352 e. The number of rotatable bonds is 4. The van der Waals surface area contributed by atoms with Gasteiger partial charge in [0.1, 0.15) is 5.82 Å². The molecule has 1 aliphatic heterocycles. The summed E-state index contributed by atoms with van der Waals surface area (Å²) in [5.41, 5.74) is 0.345. The second-order valence-corrected chi connectivity index (χ2v) is 7.89. The third kappa shape index (κ3) is 4.05. The number of amides is 1. The summed E-state index contributed by atoms with van der Waals surface area (Å²) in [5.74, 6) is -0.309. The van der Waals surface area contributed by atoms with Gasteiger partial charge in [-0.05, 0) is 49.9 Å². The number of halogens is 1. The lowest BCUT2D eigenvalue weighted by Crippen LogP contribution is -2.36. The Kier molecular flexibility index (Phi) is 5.25. The molecule has 0 bridgehead atoms. The van der Waals surface area contributed by atoms with Gasteiger partial charge in [-0.2, -0.15) is 0 Å². The molecule has 1 unspecified atom stereocenters. The number of aromatic nitrogens is 1. The molecule has 2 aliphatic rings. The van der Waals surface area contributed by atoms with Crippen LogP contribution in [0.1, 0.15) is 48.9 Å². The molecule has 2 aromatic rings. The SMILES string of the molecule is O=C(NCC1CCN(C2CCCCC2)C1)c1cc(=O)[nH]c2ccc(F)cc12. The summed E-state index contributed by atoms with van der Waals surface area (Å²) in [6.07, 6.45) is 7.69. The highest BCUT2D eigenvalue weighted by Crippen LogP contribution is 2.27. The Morgan fingerprint density at radius 1 is 1.19 bits per heavy atom. The molecule has 1 aromatic heterocycles. The van der Waals surface area contributed by atoms with Gasteiger partial charge in [-0.3, -0.25) is 9.59 Å². The van der Waals surface area contributed by atoms with Gasteiger partial charge in [-0.25, -0.2) is 4.39 Å². The lowest BCUT2D eigenvalue weighted by molar-refractivity contribution is 0.0948. The minimum absolute atomic E-state index is 0.232. The zero-order valence-corrected chi connectivity index (χ0v) is 15.5. The van der Waals surface area contributed by atoms with Crippen molar-refractivity contribution in [2.75, 3.05) is 19.6 Å². The first-order valence-electron chi connectivity index (χ1n) is 9.95. The predicted molar refractivity (Wildman–Crippen MR) is 103 cm³/mol. The fourth-order valence-corrected chi connectivity index (χ4v) is 4.55. The molecule has 2 heterocycles. The van der Waals surface area contributed by atoms with Crippen LogP contribution in [0.4, 0.5) is 4.39 Å². The number of carbonyl (C=O) groups excluding carboxylic acids is 1. The maximum absolute atomic E-state index is 13.6. The fourth-order valence-electron chi connectivity index (χ4n) is 4.55. The van der Waals surface area contributed by atoms with Crippen LogP contribution in [0.15, 0.2) is 29.1 Å². The first-order valence-corrected chi connectivity index (χ1v) is 9.95. The van der Waals surface area contributed by atoms with Crippen molar-refractivity contribution in [3.05, 3.63) is 46.0 Å². The molecular weight excluding hydrogens is 345 g/mol. The van der Waals surface area contributed by atoms with Gasteiger partial charge in [0.15, 0.2) is 0 Å². The van der Waals surface area contributed by atoms with Crippen LogP contribution in [-0.4, -0.2) is 41.5 Å². The highest BCUT2D eigenvalue weighted by molar-refractivity contribution is 6.05. The number of fused-ring (bicyclic) bond motifs is 1. The standard InChI is InChI=1S/C21H26FN3O2/c22-15-6-7-19-17(10-15)18(11-20(26)24-19)21(27)23-12-14-8-9-25(13-14)16-4-2-1-3-5-16/h6-7,10-11,14,16H,1-5,8-9,12-13H2,(H,23,27)(H,24,26). The summed E-state index contributed by atoms with van der Waals surface area (Å²) < 4.78 is 13.6. The number of likely N-dealkylation sites (tertiary alicyclic amines) is 1. The predicted octanol–water partition coefficient (Wildman–Crippen LogP) is 3.05. The van der Waals surface area contributed by atoms with Crippen molar-refractivity contribution in [1.29, 1.82) is 0 Å². The summed E-state index contributed by atoms with van der Waals surface area (Å²) in [5, 5.41) is 3.40. The van der Waals surface area contributed by atoms with E-state index >= 15 is 0 Å². The van der Waals surface area contributed by atoms with Crippen molar-refractivity contribution in [3.63, 3.8) is 0 Å². The van der Waals surface area contributed by atoms with Crippen LogP contribution >= 0.6 is 0 Å². The fraction of sp³-hybridized carbons (Fsp3) is 0.524. The second kappa shape index (κ2) is 7.80. The first kappa shape index (κ1) is 18.2. The summed E-state index contributed by atoms with van der Waals surface area (Å²) in [6.45, 7) is 2.71. The lowest BCUT2D eigenvalue weighted by Gasteiger charge is -2.31. The van der Waals surface area contributed by atoms with E-state index in [0.29, 0.717) is 29.4 Å². The molecule has 2 fully saturated rings. The van der Waals surface area contributed by atoms with Crippen molar-refractivity contribution in [3.8, 4) is 0 Å². The Hall–Kier alpha value is -2.21. The quantitative estimate of drug-likeness (QED) is 0.868. The van der Waals surface area contributed by atoms with E-state index in [1.165, 1.54) is 56.4 Å². The molecule has 0 radical (unpaired) electrons. The number of hydrogen-bond donors (Lipinski definition) is 2. The van der Waals surface area contributed by atoms with E-state index in [1.54, 1.807) is 0 Å². The van der Waals surface area contributed by atoms with Crippen LogP contribution in [0.25, 0.3) is 10.9 Å². The third-order valence-electron chi connectivity index (χ3n) is 6.01. The Morgan fingerprint density at radius 2 is 2.00 bits per heavy atom. The molecule has 5 nitrogen and oxygen atoms in total. The van der Waals surface area contributed by atoms with E-state index in [0.717, 1.165) is 19.5 Å². The normalized spacial score (nSPS) is 21.6. The van der Waals surface area contributed by atoms with Crippen LogP contribution in [-0.2, 0) is 0 Å². The van der Waals surface area contributed by atoms with Crippen molar-refractivity contribution in [2.45, 2.75) is 44.6 Å². The molecule has 2 N–H and O–H groups in total. The Balaban J connectivity index is 1.41. The van der Waals surface area contributed by atoms with Crippen molar-refractivity contribution in [2.24, 2.45) is 5.92 Å². The van der Waals surface area contributed by atoms with Crippen LogP contribution in [0.5, 0.6) is 0 Å². The van der Waals surface area contributed by atoms with E-state index < -0.39 is 5.82 Å². The molecule has 0 spiro atoms. The van der Waals surface area contributed by atoms with Gasteiger partial charge in [0.05, 0.1) is 5.56 Å². The number of carbonyl (C=O) groups is 1. The number of pyridine rings is 1. The third-order valence-corrected chi connectivity index (χ3v) is 6.01. The van der Waals surface area contributed by atoms with Gasteiger partial charge in [-0.15, -0.1) is 0 Å². The Bertz CT molecular complexity index is 889. The molecule has 144 valence electrons. The average molecular weight is 371 g/mol. The highest BCUT2D eigenvalue weighted by atomic mass is 19.1. The molecule has 1 saturated carbocycles. The van der Waals surface area contributed by atoms with E-state index in [4.69, 9.17) is 0 Å². The van der Waals surface area contributed by atoms with Crippen LogP contribution in [0.3, 0.4) is 0 Å². The van der Waals surface area contributed by atoms with Crippen molar-refractivity contribution in [1.82, 2.24) is 15.2 Å². The minimum Gasteiger partial charge on any atom is -0.352 e. The number of nitrogens with one attached hydrogen (secondary N) is 2. The number of H-pyrrole nitrogens is 1. The highest BCUT2D eigenvalue weighted by Gasteiger charge is 2.29. The van der Waals surface area contributed by atoms with Crippen LogP contribution in [0.2, 0.25) is 0 Å². The molecule has 1 saturated heterocycles. The lowest BCUT2D eigenvalue weighted by atomic mass is 9.94. The molecule has 4 rings (SSSR count). The summed E-state index contributed by atoms with van der Waals surface area (Å²) in [4.78, 5) is 29.7. The van der Waals surface area contributed by atoms with Crippen molar-refractivity contribution < 1.29 is 9.18 Å². The number of nitrogens with zero attached hydrogens (tertiary/aromatic N) is 1. The van der Waals surface area contributed by atoms with Gasteiger partial charge in [0, 0.05) is 36.1 Å². The van der Waals surface area contributed by atoms with Crippen molar-refractivity contribution >= 4 is 16.8 Å². The summed E-state index contributed by atoms with van der Waals surface area (Å²) in [7, 11) is 0. The maximum atomic E-state index is 13.6. The maximum Gasteiger partial charge on any atom is 0.252 e. The Morgan fingerprint density at radius 3 is 2.81 bits per heavy atom. The molecule has 27 heavy (non-hydrogen) atoms. The zero-order valence-electron chi connectivity index (χ0n) is 15.5. The minimum atomic E-state index is -0.428. The van der Waals surface area contributed by atoms with E-state index in [1.807, 2.05) is 0 Å². The van der Waals surface area contributed by atoms with Gasteiger partial charge >= 0.3 is 0 Å². The zero-order chi connectivity index (χ0) is 18.8.